The lowest BCUT2D eigenvalue weighted by atomic mass is 9.93. The Morgan fingerprint density at radius 2 is 2.18 bits per heavy atom. The van der Waals surface area contributed by atoms with Crippen LogP contribution in [0.1, 0.15) is 36.8 Å². The predicted molar refractivity (Wildman–Crippen MR) is 80.1 cm³/mol. The SMILES string of the molecule is CCSCCCC(CNC)c1cccc(C)c1. The lowest BCUT2D eigenvalue weighted by Gasteiger charge is -2.17. The molecule has 0 spiro atoms. The summed E-state index contributed by atoms with van der Waals surface area (Å²) in [6.45, 7) is 5.49. The van der Waals surface area contributed by atoms with Gasteiger partial charge in [0.15, 0.2) is 0 Å². The molecule has 2 heteroatoms. The zero-order valence-corrected chi connectivity index (χ0v) is 12.1. The molecule has 0 aliphatic carbocycles. The van der Waals surface area contributed by atoms with E-state index in [0.29, 0.717) is 5.92 Å². The Hall–Kier alpha value is -0.470. The fourth-order valence-corrected chi connectivity index (χ4v) is 2.79. The number of nitrogens with one attached hydrogen (secondary N) is 1. The van der Waals surface area contributed by atoms with Crippen LogP contribution in [0.25, 0.3) is 0 Å². The second-order valence-electron chi connectivity index (χ2n) is 4.51. The minimum atomic E-state index is 0.664. The van der Waals surface area contributed by atoms with Crippen LogP contribution in [0.5, 0.6) is 0 Å². The molecular weight excluding hydrogens is 226 g/mol. The fraction of sp³-hybridized carbons (Fsp3) is 0.600. The van der Waals surface area contributed by atoms with E-state index >= 15 is 0 Å². The van der Waals surface area contributed by atoms with Crippen molar-refractivity contribution in [1.29, 1.82) is 0 Å². The Kier molecular flexibility index (Phi) is 7.38. The first-order chi connectivity index (χ1) is 8.27. The van der Waals surface area contributed by atoms with Crippen molar-refractivity contribution >= 4 is 11.8 Å². The Morgan fingerprint density at radius 1 is 1.35 bits per heavy atom. The van der Waals surface area contributed by atoms with E-state index in [-0.39, 0.29) is 0 Å². The van der Waals surface area contributed by atoms with Crippen LogP contribution in [-0.4, -0.2) is 25.1 Å². The highest BCUT2D eigenvalue weighted by molar-refractivity contribution is 7.99. The van der Waals surface area contributed by atoms with Crippen molar-refractivity contribution in [1.82, 2.24) is 5.32 Å². The first-order valence-corrected chi connectivity index (χ1v) is 7.72. The molecule has 1 N–H and O–H groups in total. The quantitative estimate of drug-likeness (QED) is 0.705. The second-order valence-corrected chi connectivity index (χ2v) is 5.90. The number of thioether (sulfide) groups is 1. The molecule has 1 aromatic carbocycles. The lowest BCUT2D eigenvalue weighted by molar-refractivity contribution is 0.578. The van der Waals surface area contributed by atoms with Crippen LogP contribution in [-0.2, 0) is 0 Å². The van der Waals surface area contributed by atoms with Crippen molar-refractivity contribution in [2.75, 3.05) is 25.1 Å². The molecule has 0 saturated heterocycles. The first kappa shape index (κ1) is 14.6. The number of benzene rings is 1. The molecule has 0 heterocycles. The highest BCUT2D eigenvalue weighted by Crippen LogP contribution is 2.22. The second kappa shape index (κ2) is 8.60. The first-order valence-electron chi connectivity index (χ1n) is 6.56. The highest BCUT2D eigenvalue weighted by Gasteiger charge is 2.10. The number of likely N-dealkylation sites (N-methyl/N-ethyl adjacent to an activating group) is 1. The van der Waals surface area contributed by atoms with Crippen LogP contribution < -0.4 is 5.32 Å². The summed E-state index contributed by atoms with van der Waals surface area (Å²) in [6.07, 6.45) is 2.61. The van der Waals surface area contributed by atoms with Crippen molar-refractivity contribution in [3.63, 3.8) is 0 Å². The summed E-state index contributed by atoms with van der Waals surface area (Å²) >= 11 is 2.05. The molecule has 1 atom stereocenters. The van der Waals surface area contributed by atoms with Crippen molar-refractivity contribution in [2.45, 2.75) is 32.6 Å². The number of rotatable bonds is 8. The van der Waals surface area contributed by atoms with E-state index in [0.717, 1.165) is 6.54 Å². The molecule has 1 nitrogen and oxygen atoms in total. The van der Waals surface area contributed by atoms with E-state index in [9.17, 15) is 0 Å². The standard InChI is InChI=1S/C15H25NS/c1-4-17-10-6-9-15(12-16-3)14-8-5-7-13(2)11-14/h5,7-8,11,15-16H,4,6,9-10,12H2,1-3H3. The maximum Gasteiger partial charge on any atom is 0.00171 e. The number of aryl methyl sites for hydroxylation is 1. The summed E-state index contributed by atoms with van der Waals surface area (Å²) in [6, 6.07) is 8.94. The average Bonchev–Trinajstić information content (AvgIpc) is 2.33. The lowest BCUT2D eigenvalue weighted by Crippen LogP contribution is -2.17. The topological polar surface area (TPSA) is 12.0 Å². The van der Waals surface area contributed by atoms with Gasteiger partial charge in [0.05, 0.1) is 0 Å². The van der Waals surface area contributed by atoms with Crippen LogP contribution in [0.15, 0.2) is 24.3 Å². The van der Waals surface area contributed by atoms with Gasteiger partial charge in [-0.05, 0) is 49.8 Å². The van der Waals surface area contributed by atoms with E-state index in [2.05, 4.69) is 43.4 Å². The van der Waals surface area contributed by atoms with Gasteiger partial charge in [0.1, 0.15) is 0 Å². The summed E-state index contributed by atoms with van der Waals surface area (Å²) in [4.78, 5) is 0. The van der Waals surface area contributed by atoms with Gasteiger partial charge in [-0.25, -0.2) is 0 Å². The molecule has 0 amide bonds. The van der Waals surface area contributed by atoms with Crippen molar-refractivity contribution in [3.05, 3.63) is 35.4 Å². The van der Waals surface area contributed by atoms with Crippen LogP contribution >= 0.6 is 11.8 Å². The third kappa shape index (κ3) is 5.60. The Labute approximate surface area is 110 Å². The van der Waals surface area contributed by atoms with E-state index in [1.807, 2.05) is 18.8 Å². The van der Waals surface area contributed by atoms with Gasteiger partial charge in [0.2, 0.25) is 0 Å². The van der Waals surface area contributed by atoms with Gasteiger partial charge >= 0.3 is 0 Å². The van der Waals surface area contributed by atoms with Crippen LogP contribution in [0, 0.1) is 6.92 Å². The van der Waals surface area contributed by atoms with E-state index in [1.165, 1.54) is 35.5 Å². The molecule has 96 valence electrons. The van der Waals surface area contributed by atoms with Gasteiger partial charge in [-0.15, -0.1) is 0 Å². The molecule has 0 aromatic heterocycles. The van der Waals surface area contributed by atoms with Gasteiger partial charge in [0.25, 0.3) is 0 Å². The molecule has 1 aromatic rings. The van der Waals surface area contributed by atoms with Gasteiger partial charge < -0.3 is 5.32 Å². The average molecular weight is 251 g/mol. The van der Waals surface area contributed by atoms with E-state index in [1.54, 1.807) is 0 Å². The number of hydrogen-bond acceptors (Lipinski definition) is 2. The van der Waals surface area contributed by atoms with Crippen molar-refractivity contribution in [3.8, 4) is 0 Å². The maximum atomic E-state index is 3.32. The minimum absolute atomic E-state index is 0.664. The Morgan fingerprint density at radius 3 is 2.82 bits per heavy atom. The molecule has 0 fully saturated rings. The molecule has 1 unspecified atom stereocenters. The summed E-state index contributed by atoms with van der Waals surface area (Å²) in [5.41, 5.74) is 2.85. The third-order valence-corrected chi connectivity index (χ3v) is 4.00. The summed E-state index contributed by atoms with van der Waals surface area (Å²) in [5, 5.41) is 3.32. The predicted octanol–water partition coefficient (Wildman–Crippen LogP) is 3.83. The molecular formula is C15H25NS. The molecule has 0 radical (unpaired) electrons. The van der Waals surface area contributed by atoms with Gasteiger partial charge in [-0.3, -0.25) is 0 Å². The number of hydrogen-bond donors (Lipinski definition) is 1. The smallest absolute Gasteiger partial charge is 0.00171 e. The third-order valence-electron chi connectivity index (χ3n) is 3.01. The zero-order valence-electron chi connectivity index (χ0n) is 11.3. The molecule has 0 saturated carbocycles. The summed E-state index contributed by atoms with van der Waals surface area (Å²) in [5.74, 6) is 3.20. The van der Waals surface area contributed by atoms with E-state index < -0.39 is 0 Å². The Bertz CT molecular complexity index is 312. The largest absolute Gasteiger partial charge is 0.319 e. The van der Waals surface area contributed by atoms with Crippen LogP contribution in [0.2, 0.25) is 0 Å². The van der Waals surface area contributed by atoms with Crippen molar-refractivity contribution in [2.24, 2.45) is 0 Å². The van der Waals surface area contributed by atoms with Gasteiger partial charge in [-0.2, -0.15) is 11.8 Å². The molecule has 1 rings (SSSR count). The van der Waals surface area contributed by atoms with Crippen LogP contribution in [0.4, 0.5) is 0 Å². The van der Waals surface area contributed by atoms with Gasteiger partial charge in [0, 0.05) is 6.54 Å². The molecule has 0 bridgehead atoms. The summed E-state index contributed by atoms with van der Waals surface area (Å²) in [7, 11) is 2.05. The minimum Gasteiger partial charge on any atom is -0.319 e. The normalized spacial score (nSPS) is 12.6. The highest BCUT2D eigenvalue weighted by atomic mass is 32.2. The molecule has 17 heavy (non-hydrogen) atoms. The van der Waals surface area contributed by atoms with E-state index in [4.69, 9.17) is 0 Å². The zero-order chi connectivity index (χ0) is 12.5. The Balaban J connectivity index is 2.52. The summed E-state index contributed by atoms with van der Waals surface area (Å²) < 4.78 is 0. The van der Waals surface area contributed by atoms with Gasteiger partial charge in [-0.1, -0.05) is 36.8 Å². The maximum absolute atomic E-state index is 3.32. The molecule has 0 aliphatic rings. The fourth-order valence-electron chi connectivity index (χ4n) is 2.13. The van der Waals surface area contributed by atoms with Crippen molar-refractivity contribution < 1.29 is 0 Å². The monoisotopic (exact) mass is 251 g/mol. The van der Waals surface area contributed by atoms with Crippen LogP contribution in [0.3, 0.4) is 0 Å². The molecule has 0 aliphatic heterocycles.